The number of aryl methyl sites for hydroxylation is 1. The third kappa shape index (κ3) is 7.92. The molecule has 0 unspecified atom stereocenters. The Hall–Kier alpha value is -3.14. The average molecular weight is 504 g/mol. The summed E-state index contributed by atoms with van der Waals surface area (Å²) in [4.78, 5) is 26.3. The lowest BCUT2D eigenvalue weighted by molar-refractivity contribution is 0.0240. The second kappa shape index (κ2) is 12.4. The van der Waals surface area contributed by atoms with E-state index in [0.29, 0.717) is 32.6 Å². The van der Waals surface area contributed by atoms with Crippen LogP contribution in [0.15, 0.2) is 30.5 Å². The first-order valence-electron chi connectivity index (χ1n) is 13.9. The van der Waals surface area contributed by atoms with Gasteiger partial charge in [-0.1, -0.05) is 32.1 Å². The van der Waals surface area contributed by atoms with Crippen molar-refractivity contribution < 1.29 is 9.53 Å². The van der Waals surface area contributed by atoms with Gasteiger partial charge in [-0.2, -0.15) is 5.26 Å². The molecule has 1 amide bonds. The molecule has 2 aliphatic rings. The van der Waals surface area contributed by atoms with Crippen LogP contribution in [0.25, 0.3) is 11.3 Å². The highest BCUT2D eigenvalue weighted by molar-refractivity contribution is 5.69. The summed E-state index contributed by atoms with van der Waals surface area (Å²) in [5, 5.41) is 9.02. The van der Waals surface area contributed by atoms with Crippen LogP contribution in [0.3, 0.4) is 0 Å². The molecule has 2 aromatic rings. The van der Waals surface area contributed by atoms with Gasteiger partial charge in [0.2, 0.25) is 0 Å². The molecular formula is C30H41N5O2. The van der Waals surface area contributed by atoms with Gasteiger partial charge in [0.05, 0.1) is 11.8 Å². The molecule has 1 aliphatic carbocycles. The topological polar surface area (TPSA) is 82.4 Å². The van der Waals surface area contributed by atoms with Crippen LogP contribution in [0.4, 0.5) is 10.6 Å². The fourth-order valence-electron chi connectivity index (χ4n) is 5.28. The first-order valence-corrected chi connectivity index (χ1v) is 13.9. The van der Waals surface area contributed by atoms with Gasteiger partial charge in [-0.3, -0.25) is 4.98 Å². The van der Waals surface area contributed by atoms with Crippen molar-refractivity contribution in [3.05, 3.63) is 41.7 Å². The minimum absolute atomic E-state index is 0.256. The summed E-state index contributed by atoms with van der Waals surface area (Å²) in [7, 11) is 0. The SMILES string of the molecule is CC(C)(C)OC(=O)N1CCN(c2cc(CCCC#N)cc(-c3ccnc(CC4CCCCC4)c3)n2)CC1. The number of unbranched alkanes of at least 4 members (excludes halogenated alkanes) is 1. The second-order valence-corrected chi connectivity index (χ2v) is 11.4. The predicted molar refractivity (Wildman–Crippen MR) is 146 cm³/mol. The number of nitrogens with zero attached hydrogens (tertiary/aromatic N) is 5. The highest BCUT2D eigenvalue weighted by atomic mass is 16.6. The maximum absolute atomic E-state index is 12.5. The minimum Gasteiger partial charge on any atom is -0.444 e. The molecule has 7 nitrogen and oxygen atoms in total. The third-order valence-electron chi connectivity index (χ3n) is 7.22. The smallest absolute Gasteiger partial charge is 0.410 e. The van der Waals surface area contributed by atoms with E-state index in [2.05, 4.69) is 40.2 Å². The molecule has 3 heterocycles. The van der Waals surface area contributed by atoms with E-state index >= 15 is 0 Å². The van der Waals surface area contributed by atoms with E-state index in [9.17, 15) is 4.79 Å². The first-order chi connectivity index (χ1) is 17.8. The van der Waals surface area contributed by atoms with Gasteiger partial charge in [-0.05, 0) is 75.8 Å². The first kappa shape index (κ1) is 26.9. The minimum atomic E-state index is -0.497. The molecule has 0 atom stereocenters. The van der Waals surface area contributed by atoms with E-state index in [4.69, 9.17) is 15.0 Å². The van der Waals surface area contributed by atoms with Crippen molar-refractivity contribution in [2.75, 3.05) is 31.1 Å². The molecule has 37 heavy (non-hydrogen) atoms. The summed E-state index contributed by atoms with van der Waals surface area (Å²) in [5.74, 6) is 1.66. The number of nitriles is 1. The summed E-state index contributed by atoms with van der Waals surface area (Å²) in [5.41, 5.74) is 3.88. The molecule has 0 spiro atoms. The molecule has 198 valence electrons. The normalized spacial score (nSPS) is 16.9. The molecule has 7 heteroatoms. The molecule has 1 saturated carbocycles. The zero-order chi connectivity index (χ0) is 26.3. The molecule has 0 N–H and O–H groups in total. The number of pyridine rings is 2. The van der Waals surface area contributed by atoms with Crippen LogP contribution in [-0.4, -0.2) is 52.7 Å². The summed E-state index contributed by atoms with van der Waals surface area (Å²) in [6.45, 7) is 8.29. The lowest BCUT2D eigenvalue weighted by Gasteiger charge is -2.36. The van der Waals surface area contributed by atoms with Gasteiger partial charge in [0, 0.05) is 50.1 Å². The number of rotatable bonds is 7. The van der Waals surface area contributed by atoms with Crippen molar-refractivity contribution in [1.82, 2.24) is 14.9 Å². The number of aromatic nitrogens is 2. The fraction of sp³-hybridized carbons (Fsp3) is 0.600. The zero-order valence-corrected chi connectivity index (χ0v) is 22.7. The lowest BCUT2D eigenvalue weighted by atomic mass is 9.86. The molecular weight excluding hydrogens is 462 g/mol. The van der Waals surface area contributed by atoms with Crippen LogP contribution < -0.4 is 4.90 Å². The molecule has 4 rings (SSSR count). The largest absolute Gasteiger partial charge is 0.444 e. The van der Waals surface area contributed by atoms with Gasteiger partial charge >= 0.3 is 6.09 Å². The number of carbonyl (C=O) groups is 1. The summed E-state index contributed by atoms with van der Waals surface area (Å²) in [6.07, 6.45) is 11.5. The number of piperazine rings is 1. The van der Waals surface area contributed by atoms with Crippen LogP contribution in [0.5, 0.6) is 0 Å². The van der Waals surface area contributed by atoms with Crippen molar-refractivity contribution in [3.8, 4) is 17.3 Å². The van der Waals surface area contributed by atoms with Crippen LogP contribution in [0, 0.1) is 17.2 Å². The maximum atomic E-state index is 12.5. The zero-order valence-electron chi connectivity index (χ0n) is 22.7. The van der Waals surface area contributed by atoms with Crippen molar-refractivity contribution in [2.24, 2.45) is 5.92 Å². The van der Waals surface area contributed by atoms with Crippen molar-refractivity contribution in [1.29, 1.82) is 5.26 Å². The van der Waals surface area contributed by atoms with Crippen LogP contribution >= 0.6 is 0 Å². The van der Waals surface area contributed by atoms with Gasteiger partial charge in [-0.25, -0.2) is 9.78 Å². The number of anilines is 1. The highest BCUT2D eigenvalue weighted by Crippen LogP contribution is 2.29. The summed E-state index contributed by atoms with van der Waals surface area (Å²) < 4.78 is 5.56. The van der Waals surface area contributed by atoms with E-state index in [-0.39, 0.29) is 6.09 Å². The van der Waals surface area contributed by atoms with E-state index in [1.807, 2.05) is 27.0 Å². The Morgan fingerprint density at radius 3 is 2.57 bits per heavy atom. The Bertz CT molecular complexity index is 1090. The monoisotopic (exact) mass is 503 g/mol. The number of hydrogen-bond donors (Lipinski definition) is 0. The average Bonchev–Trinajstić information content (AvgIpc) is 2.88. The molecule has 0 bridgehead atoms. The summed E-state index contributed by atoms with van der Waals surface area (Å²) >= 11 is 0. The molecule has 0 radical (unpaired) electrons. The summed E-state index contributed by atoms with van der Waals surface area (Å²) in [6, 6.07) is 10.8. The van der Waals surface area contributed by atoms with Crippen LogP contribution in [0.2, 0.25) is 0 Å². The van der Waals surface area contributed by atoms with E-state index in [0.717, 1.165) is 47.9 Å². The third-order valence-corrected chi connectivity index (χ3v) is 7.22. The Morgan fingerprint density at radius 1 is 1.11 bits per heavy atom. The molecule has 0 aromatic carbocycles. The van der Waals surface area contributed by atoms with Crippen LogP contribution in [0.1, 0.15) is 77.0 Å². The Morgan fingerprint density at radius 2 is 1.86 bits per heavy atom. The van der Waals surface area contributed by atoms with Crippen molar-refractivity contribution >= 4 is 11.9 Å². The lowest BCUT2D eigenvalue weighted by Crippen LogP contribution is -2.50. The Labute approximate surface area is 221 Å². The van der Waals surface area contributed by atoms with E-state index in [1.54, 1.807) is 4.90 Å². The number of hydrogen-bond acceptors (Lipinski definition) is 6. The highest BCUT2D eigenvalue weighted by Gasteiger charge is 2.26. The molecule has 1 aliphatic heterocycles. The number of carbonyl (C=O) groups excluding carboxylic acids is 1. The van der Waals surface area contributed by atoms with Crippen LogP contribution in [-0.2, 0) is 17.6 Å². The van der Waals surface area contributed by atoms with Gasteiger partial charge in [0.1, 0.15) is 11.4 Å². The van der Waals surface area contributed by atoms with Gasteiger partial charge in [-0.15, -0.1) is 0 Å². The predicted octanol–water partition coefficient (Wildman–Crippen LogP) is 6.17. The van der Waals surface area contributed by atoms with Gasteiger partial charge < -0.3 is 14.5 Å². The van der Waals surface area contributed by atoms with Crippen molar-refractivity contribution in [3.63, 3.8) is 0 Å². The number of ether oxygens (including phenoxy) is 1. The quantitative estimate of drug-likeness (QED) is 0.420. The Balaban J connectivity index is 1.51. The maximum Gasteiger partial charge on any atom is 0.410 e. The van der Waals surface area contributed by atoms with Crippen molar-refractivity contribution in [2.45, 2.75) is 84.2 Å². The molecule has 2 aromatic heterocycles. The molecule has 2 fully saturated rings. The van der Waals surface area contributed by atoms with E-state index < -0.39 is 5.60 Å². The molecule has 1 saturated heterocycles. The standard InChI is InChI=1S/C30H41N5O2/c1-30(2,3)37-29(36)35-17-15-34(16-18-35)28-21-24(11-7-8-13-31)20-27(33-28)25-12-14-32-26(22-25)19-23-9-5-4-6-10-23/h12,14,20-23H,4-11,15-19H2,1-3H3. The fourth-order valence-corrected chi connectivity index (χ4v) is 5.28. The van der Waals surface area contributed by atoms with E-state index in [1.165, 1.54) is 37.7 Å². The second-order valence-electron chi connectivity index (χ2n) is 11.4. The Kier molecular flexibility index (Phi) is 9.02. The number of amides is 1. The van der Waals surface area contributed by atoms with Gasteiger partial charge in [0.25, 0.3) is 0 Å². The van der Waals surface area contributed by atoms with Gasteiger partial charge in [0.15, 0.2) is 0 Å².